The van der Waals surface area contributed by atoms with Gasteiger partial charge >= 0.3 is 0 Å². The van der Waals surface area contributed by atoms with Crippen LogP contribution in [0.25, 0.3) is 65.7 Å². The number of furan rings is 1. The predicted octanol–water partition coefficient (Wildman–Crippen LogP) is 12.7. The highest BCUT2D eigenvalue weighted by Gasteiger charge is 2.18. The third kappa shape index (κ3) is 4.35. The monoisotopic (exact) mass is 587 g/mol. The van der Waals surface area contributed by atoms with Gasteiger partial charge in [0.1, 0.15) is 11.2 Å². The molecule has 0 atom stereocenters. The molecule has 9 rings (SSSR count). The van der Waals surface area contributed by atoms with E-state index in [1.165, 1.54) is 27.3 Å². The van der Waals surface area contributed by atoms with Crippen LogP contribution in [0.3, 0.4) is 0 Å². The van der Waals surface area contributed by atoms with Crippen LogP contribution in [0.5, 0.6) is 0 Å². The molecule has 0 fully saturated rings. The van der Waals surface area contributed by atoms with Crippen molar-refractivity contribution in [2.75, 3.05) is 4.90 Å². The van der Waals surface area contributed by atoms with Crippen molar-refractivity contribution < 1.29 is 4.42 Å². The van der Waals surface area contributed by atoms with Gasteiger partial charge in [-0.15, -0.1) is 0 Å². The third-order valence-corrected chi connectivity index (χ3v) is 9.02. The molecule has 2 heteroatoms. The van der Waals surface area contributed by atoms with Crippen LogP contribution in [0.4, 0.5) is 17.1 Å². The van der Waals surface area contributed by atoms with Crippen molar-refractivity contribution in [3.8, 4) is 22.3 Å². The van der Waals surface area contributed by atoms with E-state index in [4.69, 9.17) is 4.42 Å². The van der Waals surface area contributed by atoms with E-state index >= 15 is 0 Å². The number of rotatable bonds is 5. The van der Waals surface area contributed by atoms with Crippen LogP contribution < -0.4 is 4.90 Å². The molecule has 2 nitrogen and oxygen atoms in total. The van der Waals surface area contributed by atoms with Crippen molar-refractivity contribution >= 4 is 60.5 Å². The highest BCUT2D eigenvalue weighted by molar-refractivity contribution is 6.19. The van der Waals surface area contributed by atoms with Gasteiger partial charge in [0.15, 0.2) is 0 Å². The molecular formula is C44H29NO. The maximum Gasteiger partial charge on any atom is 0.143 e. The van der Waals surface area contributed by atoms with Crippen LogP contribution in [0.1, 0.15) is 0 Å². The summed E-state index contributed by atoms with van der Waals surface area (Å²) in [7, 11) is 0. The minimum atomic E-state index is 0.900. The Morgan fingerprint density at radius 3 is 1.72 bits per heavy atom. The molecule has 0 unspecified atom stereocenters. The quantitative estimate of drug-likeness (QED) is 0.199. The molecule has 46 heavy (non-hydrogen) atoms. The zero-order valence-corrected chi connectivity index (χ0v) is 25.1. The van der Waals surface area contributed by atoms with Gasteiger partial charge < -0.3 is 9.32 Å². The molecule has 0 saturated heterocycles. The Labute approximate surface area is 267 Å². The van der Waals surface area contributed by atoms with Gasteiger partial charge in [-0.3, -0.25) is 0 Å². The number of hydrogen-bond donors (Lipinski definition) is 0. The van der Waals surface area contributed by atoms with Crippen molar-refractivity contribution in [3.63, 3.8) is 0 Å². The first-order chi connectivity index (χ1) is 22.8. The van der Waals surface area contributed by atoms with Crippen LogP contribution in [0.15, 0.2) is 180 Å². The van der Waals surface area contributed by atoms with E-state index in [1.807, 2.05) is 0 Å². The van der Waals surface area contributed by atoms with Gasteiger partial charge in [0.05, 0.1) is 0 Å². The summed E-state index contributed by atoms with van der Waals surface area (Å²) >= 11 is 0. The fourth-order valence-electron chi connectivity index (χ4n) is 6.92. The van der Waals surface area contributed by atoms with E-state index in [0.717, 1.165) is 55.5 Å². The summed E-state index contributed by atoms with van der Waals surface area (Å²) in [6.45, 7) is 0. The summed E-state index contributed by atoms with van der Waals surface area (Å²) < 4.78 is 6.52. The first-order valence-electron chi connectivity index (χ1n) is 15.7. The maximum absolute atomic E-state index is 6.52. The number of para-hydroxylation sites is 1. The molecule has 0 spiro atoms. The van der Waals surface area contributed by atoms with Crippen LogP contribution in [-0.2, 0) is 0 Å². The van der Waals surface area contributed by atoms with Crippen LogP contribution in [0, 0.1) is 0 Å². The maximum atomic E-state index is 6.52. The fraction of sp³-hybridized carbons (Fsp3) is 0. The van der Waals surface area contributed by atoms with Gasteiger partial charge in [-0.2, -0.15) is 0 Å². The van der Waals surface area contributed by atoms with Gasteiger partial charge in [-0.25, -0.2) is 0 Å². The molecular weight excluding hydrogens is 558 g/mol. The van der Waals surface area contributed by atoms with E-state index in [-0.39, 0.29) is 0 Å². The predicted molar refractivity (Wildman–Crippen MR) is 194 cm³/mol. The molecule has 0 aliphatic carbocycles. The van der Waals surface area contributed by atoms with Crippen molar-refractivity contribution in [1.82, 2.24) is 0 Å². The SMILES string of the molecule is c1ccc(N(c2cccc(-c3cccc4ccccc34)c2)c2cccc(-c3cccc4oc5c6ccccc6ccc5c34)c2)cc1. The van der Waals surface area contributed by atoms with Crippen molar-refractivity contribution in [1.29, 1.82) is 0 Å². The molecule has 0 aliphatic heterocycles. The zero-order valence-electron chi connectivity index (χ0n) is 25.1. The lowest BCUT2D eigenvalue weighted by molar-refractivity contribution is 0.673. The molecule has 0 aliphatic rings. The van der Waals surface area contributed by atoms with Gasteiger partial charge in [-0.1, -0.05) is 127 Å². The first-order valence-corrected chi connectivity index (χ1v) is 15.7. The number of benzene rings is 8. The van der Waals surface area contributed by atoms with Crippen LogP contribution >= 0.6 is 0 Å². The molecule has 0 saturated carbocycles. The summed E-state index contributed by atoms with van der Waals surface area (Å²) in [4.78, 5) is 2.35. The molecule has 0 amide bonds. The molecule has 0 radical (unpaired) electrons. The van der Waals surface area contributed by atoms with E-state index in [1.54, 1.807) is 0 Å². The lowest BCUT2D eigenvalue weighted by Crippen LogP contribution is -2.10. The second-order valence-corrected chi connectivity index (χ2v) is 11.7. The number of fused-ring (bicyclic) bond motifs is 6. The number of hydrogen-bond acceptors (Lipinski definition) is 2. The molecule has 1 aromatic heterocycles. The number of nitrogens with zero attached hydrogens (tertiary/aromatic N) is 1. The van der Waals surface area contributed by atoms with Gasteiger partial charge in [0.2, 0.25) is 0 Å². The average molecular weight is 588 g/mol. The second kappa shape index (κ2) is 10.8. The summed E-state index contributed by atoms with van der Waals surface area (Å²) in [6.07, 6.45) is 0. The van der Waals surface area contributed by atoms with Crippen LogP contribution in [0.2, 0.25) is 0 Å². The second-order valence-electron chi connectivity index (χ2n) is 11.7. The lowest BCUT2D eigenvalue weighted by atomic mass is 9.97. The summed E-state index contributed by atoms with van der Waals surface area (Å²) in [5.74, 6) is 0. The Morgan fingerprint density at radius 1 is 0.370 bits per heavy atom. The Kier molecular flexibility index (Phi) is 6.17. The smallest absolute Gasteiger partial charge is 0.143 e. The Balaban J connectivity index is 1.21. The van der Waals surface area contributed by atoms with Crippen molar-refractivity contribution in [2.45, 2.75) is 0 Å². The van der Waals surface area contributed by atoms with Gasteiger partial charge in [0.25, 0.3) is 0 Å². The first kappa shape index (κ1) is 26.3. The summed E-state index contributed by atoms with van der Waals surface area (Å²) in [6, 6.07) is 62.7. The zero-order chi connectivity index (χ0) is 30.5. The van der Waals surface area contributed by atoms with E-state index in [2.05, 4.69) is 181 Å². The highest BCUT2D eigenvalue weighted by Crippen LogP contribution is 2.42. The molecule has 0 N–H and O–H groups in total. The van der Waals surface area contributed by atoms with Gasteiger partial charge in [0, 0.05) is 33.2 Å². The fourth-order valence-corrected chi connectivity index (χ4v) is 6.92. The lowest BCUT2D eigenvalue weighted by Gasteiger charge is -2.26. The average Bonchev–Trinajstić information content (AvgIpc) is 3.52. The molecule has 0 bridgehead atoms. The Bertz CT molecular complexity index is 2540. The van der Waals surface area contributed by atoms with Gasteiger partial charge in [-0.05, 0) is 86.9 Å². The topological polar surface area (TPSA) is 16.4 Å². The third-order valence-electron chi connectivity index (χ3n) is 9.02. The minimum Gasteiger partial charge on any atom is -0.455 e. The Hall–Kier alpha value is -6.12. The van der Waals surface area contributed by atoms with E-state index in [9.17, 15) is 0 Å². The normalized spacial score (nSPS) is 11.5. The largest absolute Gasteiger partial charge is 0.455 e. The van der Waals surface area contributed by atoms with Crippen molar-refractivity contribution in [2.24, 2.45) is 0 Å². The van der Waals surface area contributed by atoms with Crippen molar-refractivity contribution in [3.05, 3.63) is 176 Å². The summed E-state index contributed by atoms with van der Waals surface area (Å²) in [5, 5.41) is 7.09. The van der Waals surface area contributed by atoms with E-state index < -0.39 is 0 Å². The van der Waals surface area contributed by atoms with Crippen LogP contribution in [-0.4, -0.2) is 0 Å². The standard InChI is InChI=1S/C44H29NO/c1-2-17-34(18-3-1)45(35-19-8-15-32(28-35)38-23-10-14-30-12-4-6-21-37(30)38)36-20-9-16-33(29-36)39-24-11-25-42-43(39)41-27-26-31-13-5-7-22-40(31)44(41)46-42/h1-29H. The number of anilines is 3. The van der Waals surface area contributed by atoms with E-state index in [0.29, 0.717) is 0 Å². The summed E-state index contributed by atoms with van der Waals surface area (Å²) in [5.41, 5.74) is 9.86. The Morgan fingerprint density at radius 2 is 0.935 bits per heavy atom. The molecule has 216 valence electrons. The highest BCUT2D eigenvalue weighted by atomic mass is 16.3. The molecule has 8 aromatic carbocycles. The molecule has 1 heterocycles. The molecule has 9 aromatic rings. The minimum absolute atomic E-state index is 0.900.